The Labute approximate surface area is 180 Å². The van der Waals surface area contributed by atoms with Crippen LogP contribution in [0.25, 0.3) is 21.9 Å². The number of likely N-dealkylation sites (tertiary alicyclic amines) is 1. The Morgan fingerprint density at radius 2 is 2.10 bits per heavy atom. The molecule has 0 radical (unpaired) electrons. The van der Waals surface area contributed by atoms with E-state index >= 15 is 0 Å². The number of carbonyl (C=O) groups is 1. The first-order valence-corrected chi connectivity index (χ1v) is 10.7. The van der Waals surface area contributed by atoms with Crippen molar-refractivity contribution < 1.29 is 14.6 Å². The summed E-state index contributed by atoms with van der Waals surface area (Å²) in [5, 5.41) is 23.0. The quantitative estimate of drug-likeness (QED) is 0.541. The summed E-state index contributed by atoms with van der Waals surface area (Å²) in [6.07, 6.45) is 3.26. The number of aromatic nitrogens is 2. The first-order chi connectivity index (χ1) is 15.0. The highest BCUT2D eigenvalue weighted by Crippen LogP contribution is 2.37. The number of β-amino-alcohol motifs (C(OH)–C–C–N with tert-alkyl or cyclic N) is 1. The number of hydrogen-bond acceptors (Lipinski definition) is 5. The van der Waals surface area contributed by atoms with Crippen molar-refractivity contribution in [3.05, 3.63) is 48.8 Å². The van der Waals surface area contributed by atoms with Crippen molar-refractivity contribution in [1.29, 1.82) is 0 Å². The van der Waals surface area contributed by atoms with Gasteiger partial charge in [-0.2, -0.15) is 5.10 Å². The number of urea groups is 1. The van der Waals surface area contributed by atoms with Gasteiger partial charge in [0.1, 0.15) is 18.5 Å². The molecule has 1 atom stereocenters. The van der Waals surface area contributed by atoms with Crippen molar-refractivity contribution in [3.8, 4) is 16.9 Å². The number of rotatable bonds is 7. The van der Waals surface area contributed by atoms with Gasteiger partial charge in [-0.25, -0.2) is 4.79 Å². The Morgan fingerprint density at radius 3 is 2.84 bits per heavy atom. The molecular weight excluding hydrogens is 394 g/mol. The number of nitrogens with zero attached hydrogens (tertiary/aromatic N) is 3. The lowest BCUT2D eigenvalue weighted by Gasteiger charge is -2.47. The van der Waals surface area contributed by atoms with Crippen LogP contribution in [0.3, 0.4) is 0 Å². The maximum atomic E-state index is 11.4. The molecule has 3 heterocycles. The number of carbonyl (C=O) groups excluding carboxylic acids is 1. The summed E-state index contributed by atoms with van der Waals surface area (Å²) in [6, 6.07) is 12.1. The number of benzene rings is 2. The van der Waals surface area contributed by atoms with Crippen LogP contribution >= 0.6 is 0 Å². The van der Waals surface area contributed by atoms with Crippen molar-refractivity contribution in [2.24, 2.45) is 0 Å². The molecule has 1 spiro atoms. The van der Waals surface area contributed by atoms with Crippen LogP contribution in [0.4, 0.5) is 4.79 Å². The molecule has 3 N–H and O–H groups in total. The van der Waals surface area contributed by atoms with Crippen molar-refractivity contribution in [2.45, 2.75) is 25.1 Å². The summed E-state index contributed by atoms with van der Waals surface area (Å²) in [4.78, 5) is 13.5. The Kier molecular flexibility index (Phi) is 5.03. The topological polar surface area (TPSA) is 91.7 Å². The molecule has 1 unspecified atom stereocenters. The van der Waals surface area contributed by atoms with Crippen LogP contribution in [-0.4, -0.2) is 70.2 Å². The lowest BCUT2D eigenvalue weighted by molar-refractivity contribution is 0.00550. The Balaban J connectivity index is 1.29. The molecule has 2 aromatic carbocycles. The fourth-order valence-electron chi connectivity index (χ4n) is 4.58. The molecule has 2 amide bonds. The van der Waals surface area contributed by atoms with Gasteiger partial charge in [-0.15, -0.1) is 0 Å². The summed E-state index contributed by atoms with van der Waals surface area (Å²) in [5.74, 6) is 0.737. The fraction of sp³-hybridized carbons (Fsp3) is 0.391. The number of nitrogens with one attached hydrogen (secondary N) is 2. The van der Waals surface area contributed by atoms with Gasteiger partial charge in [0.25, 0.3) is 0 Å². The Morgan fingerprint density at radius 1 is 1.26 bits per heavy atom. The second-order valence-corrected chi connectivity index (χ2v) is 8.47. The third kappa shape index (κ3) is 3.84. The molecule has 8 heteroatoms. The highest BCUT2D eigenvalue weighted by Gasteiger charge is 2.47. The molecule has 162 valence electrons. The Bertz CT molecular complexity index is 1110. The van der Waals surface area contributed by atoms with Crippen LogP contribution in [0.5, 0.6) is 5.75 Å². The fourth-order valence-corrected chi connectivity index (χ4v) is 4.58. The van der Waals surface area contributed by atoms with Crippen molar-refractivity contribution in [2.75, 3.05) is 32.8 Å². The van der Waals surface area contributed by atoms with Gasteiger partial charge >= 0.3 is 6.03 Å². The zero-order valence-corrected chi connectivity index (χ0v) is 17.5. The SMILES string of the molecule is CCn1cc(-c2c(OCC(O)CN3CC4(CNC(=O)N4)C3)ccc3ccccc23)cn1. The lowest BCUT2D eigenvalue weighted by Crippen LogP contribution is -2.69. The molecular formula is C23H27N5O3. The molecule has 1 aromatic heterocycles. The minimum Gasteiger partial charge on any atom is -0.490 e. The highest BCUT2D eigenvalue weighted by molar-refractivity contribution is 5.99. The molecule has 5 rings (SSSR count). The average Bonchev–Trinajstić information content (AvgIpc) is 3.38. The normalized spacial score (nSPS) is 18.6. The number of aryl methyl sites for hydroxylation is 1. The standard InChI is InChI=1S/C23H27N5O3/c1-2-28-10-17(9-25-28)21-19-6-4-3-5-16(19)7-8-20(21)31-12-18(29)11-27-14-23(15-27)13-24-22(30)26-23/h3-10,18,29H,2,11-15H2,1H3,(H2,24,26,30). The molecule has 0 aliphatic carbocycles. The summed E-state index contributed by atoms with van der Waals surface area (Å²) < 4.78 is 8.01. The van der Waals surface area contributed by atoms with E-state index in [-0.39, 0.29) is 18.2 Å². The summed E-state index contributed by atoms with van der Waals surface area (Å²) in [7, 11) is 0. The van der Waals surface area contributed by atoms with E-state index in [9.17, 15) is 9.90 Å². The third-order valence-corrected chi connectivity index (χ3v) is 6.06. The lowest BCUT2D eigenvalue weighted by atomic mass is 9.91. The maximum absolute atomic E-state index is 11.4. The van der Waals surface area contributed by atoms with E-state index in [4.69, 9.17) is 4.74 Å². The van der Waals surface area contributed by atoms with Crippen LogP contribution < -0.4 is 15.4 Å². The van der Waals surface area contributed by atoms with Crippen LogP contribution in [0.2, 0.25) is 0 Å². The molecule has 2 fully saturated rings. The smallest absolute Gasteiger partial charge is 0.315 e. The number of ether oxygens (including phenoxy) is 1. The predicted molar refractivity (Wildman–Crippen MR) is 118 cm³/mol. The van der Waals surface area contributed by atoms with Crippen LogP contribution in [-0.2, 0) is 6.54 Å². The van der Waals surface area contributed by atoms with E-state index in [0.29, 0.717) is 13.1 Å². The number of hydrogen-bond donors (Lipinski definition) is 3. The largest absolute Gasteiger partial charge is 0.490 e. The van der Waals surface area contributed by atoms with Gasteiger partial charge in [0.2, 0.25) is 0 Å². The van der Waals surface area contributed by atoms with Gasteiger partial charge in [-0.1, -0.05) is 30.3 Å². The predicted octanol–water partition coefficient (Wildman–Crippen LogP) is 1.83. The molecule has 31 heavy (non-hydrogen) atoms. The zero-order chi connectivity index (χ0) is 21.4. The minimum absolute atomic E-state index is 0.112. The van der Waals surface area contributed by atoms with Crippen molar-refractivity contribution in [1.82, 2.24) is 25.3 Å². The Hall–Kier alpha value is -3.10. The van der Waals surface area contributed by atoms with Crippen molar-refractivity contribution >= 4 is 16.8 Å². The molecule has 0 saturated carbocycles. The molecule has 2 aliphatic rings. The number of aliphatic hydroxyl groups excluding tert-OH is 1. The minimum atomic E-state index is -0.625. The van der Waals surface area contributed by atoms with E-state index in [2.05, 4.69) is 39.7 Å². The third-order valence-electron chi connectivity index (χ3n) is 6.06. The first-order valence-electron chi connectivity index (χ1n) is 10.7. The van der Waals surface area contributed by atoms with Gasteiger partial charge in [0.15, 0.2) is 0 Å². The average molecular weight is 422 g/mol. The summed E-state index contributed by atoms with van der Waals surface area (Å²) >= 11 is 0. The summed E-state index contributed by atoms with van der Waals surface area (Å²) in [6.45, 7) is 5.67. The molecule has 3 aromatic rings. The number of aliphatic hydroxyl groups is 1. The van der Waals surface area contributed by atoms with Crippen LogP contribution in [0.1, 0.15) is 6.92 Å². The zero-order valence-electron chi connectivity index (χ0n) is 17.5. The maximum Gasteiger partial charge on any atom is 0.315 e. The van der Waals surface area contributed by atoms with Gasteiger partial charge in [0, 0.05) is 50.0 Å². The van der Waals surface area contributed by atoms with Gasteiger partial charge in [0.05, 0.1) is 11.7 Å². The van der Waals surface area contributed by atoms with E-state index < -0.39 is 6.10 Å². The van der Waals surface area contributed by atoms with E-state index in [1.807, 2.05) is 41.3 Å². The van der Waals surface area contributed by atoms with E-state index in [1.54, 1.807) is 0 Å². The van der Waals surface area contributed by atoms with E-state index in [1.165, 1.54) is 0 Å². The van der Waals surface area contributed by atoms with Crippen LogP contribution in [0, 0.1) is 0 Å². The number of amides is 2. The second-order valence-electron chi connectivity index (χ2n) is 8.47. The number of fused-ring (bicyclic) bond motifs is 1. The molecule has 0 bridgehead atoms. The van der Waals surface area contributed by atoms with Crippen LogP contribution in [0.15, 0.2) is 48.8 Å². The molecule has 8 nitrogen and oxygen atoms in total. The van der Waals surface area contributed by atoms with Crippen molar-refractivity contribution in [3.63, 3.8) is 0 Å². The monoisotopic (exact) mass is 421 g/mol. The van der Waals surface area contributed by atoms with Gasteiger partial charge in [-0.3, -0.25) is 9.58 Å². The van der Waals surface area contributed by atoms with Gasteiger partial charge < -0.3 is 20.5 Å². The first kappa shape index (κ1) is 19.8. The molecule has 2 aliphatic heterocycles. The summed E-state index contributed by atoms with van der Waals surface area (Å²) in [5.41, 5.74) is 1.81. The van der Waals surface area contributed by atoms with E-state index in [0.717, 1.165) is 47.3 Å². The molecule has 2 saturated heterocycles. The second kappa shape index (κ2) is 7.86. The van der Waals surface area contributed by atoms with Gasteiger partial charge in [-0.05, 0) is 23.8 Å². The highest BCUT2D eigenvalue weighted by atomic mass is 16.5.